The number of piperidine rings is 1. The smallest absolute Gasteiger partial charge is 0.255 e. The first-order valence-corrected chi connectivity index (χ1v) is 9.45. The number of thiophene rings is 1. The van der Waals surface area contributed by atoms with E-state index in [1.54, 1.807) is 11.3 Å². The average Bonchev–Trinajstić information content (AvgIpc) is 3.03. The molecule has 0 spiro atoms. The Hall–Kier alpha value is -1.11. The molecular formula is C17H26ClN3O2S. The molecule has 0 aromatic carbocycles. The van der Waals surface area contributed by atoms with E-state index in [0.717, 1.165) is 37.8 Å². The van der Waals surface area contributed by atoms with Crippen molar-refractivity contribution < 1.29 is 9.59 Å². The molecule has 0 saturated carbocycles. The monoisotopic (exact) mass is 371 g/mol. The van der Waals surface area contributed by atoms with Crippen molar-refractivity contribution in [1.29, 1.82) is 0 Å². The van der Waals surface area contributed by atoms with Crippen molar-refractivity contribution in [1.82, 2.24) is 10.2 Å². The van der Waals surface area contributed by atoms with Crippen LogP contribution in [0.25, 0.3) is 0 Å². The number of fused-ring (bicyclic) bond motifs is 1. The zero-order valence-electron chi connectivity index (χ0n) is 13.9. The van der Waals surface area contributed by atoms with Crippen molar-refractivity contribution in [2.24, 2.45) is 11.7 Å². The molecule has 3 rings (SSSR count). The van der Waals surface area contributed by atoms with Gasteiger partial charge in [-0.05, 0) is 44.1 Å². The van der Waals surface area contributed by atoms with E-state index in [1.165, 1.54) is 23.3 Å². The maximum absolute atomic E-state index is 12.9. The molecule has 1 aromatic heterocycles. The summed E-state index contributed by atoms with van der Waals surface area (Å²) >= 11 is 1.72. The molecule has 3 N–H and O–H groups in total. The largest absolute Gasteiger partial charge is 0.355 e. The minimum Gasteiger partial charge on any atom is -0.355 e. The van der Waals surface area contributed by atoms with Gasteiger partial charge in [-0.15, -0.1) is 23.7 Å². The predicted molar refractivity (Wildman–Crippen MR) is 98.9 cm³/mol. The maximum Gasteiger partial charge on any atom is 0.255 e. The summed E-state index contributed by atoms with van der Waals surface area (Å²) < 4.78 is 0. The Morgan fingerprint density at radius 3 is 2.88 bits per heavy atom. The van der Waals surface area contributed by atoms with Crippen LogP contribution in [0.15, 0.2) is 5.38 Å². The quantitative estimate of drug-likeness (QED) is 0.849. The van der Waals surface area contributed by atoms with Crippen LogP contribution in [-0.2, 0) is 17.6 Å². The number of aryl methyl sites for hydroxylation is 1. The molecule has 1 aromatic rings. The Bertz CT molecular complexity index is 590. The second kappa shape index (κ2) is 8.83. The Balaban J connectivity index is 0.00000208. The third kappa shape index (κ3) is 4.10. The van der Waals surface area contributed by atoms with Crippen LogP contribution in [0.3, 0.4) is 0 Å². The van der Waals surface area contributed by atoms with E-state index in [2.05, 4.69) is 5.32 Å². The fraction of sp³-hybridized carbons (Fsp3) is 0.647. The molecule has 1 fully saturated rings. The fourth-order valence-electron chi connectivity index (χ4n) is 3.56. The van der Waals surface area contributed by atoms with Gasteiger partial charge in [-0.1, -0.05) is 0 Å². The summed E-state index contributed by atoms with van der Waals surface area (Å²) in [6.45, 7) is 2.23. The number of amides is 2. The molecule has 1 unspecified atom stereocenters. The van der Waals surface area contributed by atoms with E-state index in [4.69, 9.17) is 5.73 Å². The molecule has 1 atom stereocenters. The fourth-order valence-corrected chi connectivity index (χ4v) is 4.68. The van der Waals surface area contributed by atoms with Gasteiger partial charge in [0.1, 0.15) is 0 Å². The molecule has 2 aliphatic rings. The van der Waals surface area contributed by atoms with Gasteiger partial charge in [0, 0.05) is 36.4 Å². The number of hydrogen-bond donors (Lipinski definition) is 2. The van der Waals surface area contributed by atoms with Crippen LogP contribution < -0.4 is 11.1 Å². The zero-order chi connectivity index (χ0) is 16.2. The summed E-state index contributed by atoms with van der Waals surface area (Å²) in [5.41, 5.74) is 7.58. The van der Waals surface area contributed by atoms with Crippen LogP contribution >= 0.6 is 23.7 Å². The number of nitrogens with zero attached hydrogens (tertiary/aromatic N) is 1. The van der Waals surface area contributed by atoms with Gasteiger partial charge in [-0.25, -0.2) is 0 Å². The van der Waals surface area contributed by atoms with Gasteiger partial charge < -0.3 is 16.0 Å². The molecule has 2 amide bonds. The number of halogens is 1. The summed E-state index contributed by atoms with van der Waals surface area (Å²) in [5, 5.41) is 4.87. The SMILES string of the molecule is Cl.NCCNC(=O)C1CCCN(C(=O)c2csc3c2CCCC3)C1. The second-order valence-corrected chi connectivity index (χ2v) is 7.39. The van der Waals surface area contributed by atoms with Crippen LogP contribution in [0.1, 0.15) is 46.5 Å². The van der Waals surface area contributed by atoms with E-state index in [1.807, 2.05) is 10.3 Å². The van der Waals surface area contributed by atoms with Gasteiger partial charge in [-0.3, -0.25) is 9.59 Å². The summed E-state index contributed by atoms with van der Waals surface area (Å²) in [6.07, 6.45) is 6.27. The van der Waals surface area contributed by atoms with Crippen molar-refractivity contribution in [2.75, 3.05) is 26.2 Å². The highest BCUT2D eigenvalue weighted by Gasteiger charge is 2.30. The summed E-state index contributed by atoms with van der Waals surface area (Å²) in [5.74, 6) is 0.0368. The highest BCUT2D eigenvalue weighted by molar-refractivity contribution is 7.10. The van der Waals surface area contributed by atoms with E-state index in [0.29, 0.717) is 19.6 Å². The molecule has 1 aliphatic carbocycles. The summed E-state index contributed by atoms with van der Waals surface area (Å²) in [7, 11) is 0. The Morgan fingerprint density at radius 1 is 1.29 bits per heavy atom. The number of hydrogen-bond acceptors (Lipinski definition) is 4. The molecular weight excluding hydrogens is 346 g/mol. The van der Waals surface area contributed by atoms with Crippen molar-refractivity contribution in [3.05, 3.63) is 21.4 Å². The number of rotatable bonds is 4. The average molecular weight is 372 g/mol. The first-order chi connectivity index (χ1) is 11.2. The molecule has 0 bridgehead atoms. The Morgan fingerprint density at radius 2 is 2.08 bits per heavy atom. The van der Waals surface area contributed by atoms with Gasteiger partial charge in [0.15, 0.2) is 0 Å². The third-order valence-electron chi connectivity index (χ3n) is 4.81. The van der Waals surface area contributed by atoms with E-state index in [-0.39, 0.29) is 30.1 Å². The Labute approximate surface area is 153 Å². The number of likely N-dealkylation sites (tertiary alicyclic amines) is 1. The molecule has 2 heterocycles. The Kier molecular flexibility index (Phi) is 7.07. The standard InChI is InChI=1S/C17H25N3O2S.ClH/c18-7-8-19-16(21)12-4-3-9-20(10-12)17(22)14-11-23-15-6-2-1-5-13(14)15;/h11-12H,1-10,18H2,(H,19,21);1H. The first kappa shape index (κ1) is 19.2. The summed E-state index contributed by atoms with van der Waals surface area (Å²) in [6, 6.07) is 0. The summed E-state index contributed by atoms with van der Waals surface area (Å²) in [4.78, 5) is 28.3. The minimum absolute atomic E-state index is 0. The molecule has 134 valence electrons. The van der Waals surface area contributed by atoms with Gasteiger partial charge in [0.05, 0.1) is 11.5 Å². The lowest BCUT2D eigenvalue weighted by Crippen LogP contribution is -2.46. The number of nitrogens with one attached hydrogen (secondary N) is 1. The van der Waals surface area contributed by atoms with Crippen LogP contribution in [0.5, 0.6) is 0 Å². The highest BCUT2D eigenvalue weighted by atomic mass is 35.5. The normalized spacial score (nSPS) is 20.0. The molecule has 1 aliphatic heterocycles. The van der Waals surface area contributed by atoms with Gasteiger partial charge >= 0.3 is 0 Å². The maximum atomic E-state index is 12.9. The highest BCUT2D eigenvalue weighted by Crippen LogP contribution is 2.31. The number of nitrogens with two attached hydrogens (primary N) is 1. The number of carbonyl (C=O) groups excluding carboxylic acids is 2. The van der Waals surface area contributed by atoms with Gasteiger partial charge in [0.2, 0.25) is 5.91 Å². The topological polar surface area (TPSA) is 75.4 Å². The number of carbonyl (C=O) groups is 2. The van der Waals surface area contributed by atoms with Crippen molar-refractivity contribution >= 4 is 35.6 Å². The van der Waals surface area contributed by atoms with Gasteiger partial charge in [0.25, 0.3) is 5.91 Å². The van der Waals surface area contributed by atoms with Crippen molar-refractivity contribution in [2.45, 2.75) is 38.5 Å². The molecule has 0 radical (unpaired) electrons. The molecule has 7 heteroatoms. The van der Waals surface area contributed by atoms with E-state index >= 15 is 0 Å². The zero-order valence-corrected chi connectivity index (χ0v) is 15.5. The molecule has 24 heavy (non-hydrogen) atoms. The van der Waals surface area contributed by atoms with Crippen molar-refractivity contribution in [3.63, 3.8) is 0 Å². The van der Waals surface area contributed by atoms with E-state index < -0.39 is 0 Å². The van der Waals surface area contributed by atoms with Crippen LogP contribution in [0.4, 0.5) is 0 Å². The molecule has 5 nitrogen and oxygen atoms in total. The molecule has 1 saturated heterocycles. The lowest BCUT2D eigenvalue weighted by atomic mass is 9.93. The lowest BCUT2D eigenvalue weighted by Gasteiger charge is -2.32. The van der Waals surface area contributed by atoms with Crippen molar-refractivity contribution in [3.8, 4) is 0 Å². The van der Waals surface area contributed by atoms with E-state index in [9.17, 15) is 9.59 Å². The minimum atomic E-state index is -0.103. The van der Waals surface area contributed by atoms with Gasteiger partial charge in [-0.2, -0.15) is 0 Å². The first-order valence-electron chi connectivity index (χ1n) is 8.57. The predicted octanol–water partition coefficient (Wildman–Crippen LogP) is 1.98. The van der Waals surface area contributed by atoms with Crippen LogP contribution in [-0.4, -0.2) is 42.9 Å². The van der Waals surface area contributed by atoms with Crippen LogP contribution in [0.2, 0.25) is 0 Å². The van der Waals surface area contributed by atoms with Crippen LogP contribution in [0, 0.1) is 5.92 Å². The lowest BCUT2D eigenvalue weighted by molar-refractivity contribution is -0.126. The second-order valence-electron chi connectivity index (χ2n) is 6.43. The third-order valence-corrected chi connectivity index (χ3v) is 5.90.